The molecule has 0 aliphatic carbocycles. The highest BCUT2D eigenvalue weighted by molar-refractivity contribution is 5.78. The first kappa shape index (κ1) is 12.6. The van der Waals surface area contributed by atoms with E-state index in [1.54, 1.807) is 36.2 Å². The second-order valence-corrected chi connectivity index (χ2v) is 4.08. The zero-order valence-electron chi connectivity index (χ0n) is 10.6. The number of aryl methyl sites for hydroxylation is 1. The SMILES string of the molecule is CNCCCn1cnc2cc(OC)ccc2c1=O. The van der Waals surface area contributed by atoms with E-state index in [1.807, 2.05) is 7.05 Å². The Hall–Kier alpha value is -1.88. The number of nitrogens with zero attached hydrogens (tertiary/aromatic N) is 2. The molecule has 18 heavy (non-hydrogen) atoms. The van der Waals surface area contributed by atoms with Crippen molar-refractivity contribution in [1.29, 1.82) is 0 Å². The van der Waals surface area contributed by atoms with Crippen molar-refractivity contribution in [3.05, 3.63) is 34.9 Å². The molecule has 0 spiro atoms. The molecule has 96 valence electrons. The highest BCUT2D eigenvalue weighted by Gasteiger charge is 2.04. The fourth-order valence-corrected chi connectivity index (χ4v) is 1.85. The molecule has 0 bridgehead atoms. The molecule has 0 saturated heterocycles. The summed E-state index contributed by atoms with van der Waals surface area (Å²) in [6.07, 6.45) is 2.50. The van der Waals surface area contributed by atoms with Gasteiger partial charge in [-0.05, 0) is 32.1 Å². The van der Waals surface area contributed by atoms with Crippen molar-refractivity contribution in [2.75, 3.05) is 20.7 Å². The Morgan fingerprint density at radius 1 is 1.44 bits per heavy atom. The van der Waals surface area contributed by atoms with Gasteiger partial charge in [0.2, 0.25) is 0 Å². The summed E-state index contributed by atoms with van der Waals surface area (Å²) >= 11 is 0. The lowest BCUT2D eigenvalue weighted by atomic mass is 10.2. The van der Waals surface area contributed by atoms with Crippen molar-refractivity contribution in [3.8, 4) is 5.75 Å². The Morgan fingerprint density at radius 3 is 3.00 bits per heavy atom. The monoisotopic (exact) mass is 247 g/mol. The third kappa shape index (κ3) is 2.51. The molecule has 5 nitrogen and oxygen atoms in total. The zero-order chi connectivity index (χ0) is 13.0. The number of hydrogen-bond donors (Lipinski definition) is 1. The van der Waals surface area contributed by atoms with Crippen LogP contribution in [0.1, 0.15) is 6.42 Å². The highest BCUT2D eigenvalue weighted by Crippen LogP contribution is 2.15. The fraction of sp³-hybridized carbons (Fsp3) is 0.385. The topological polar surface area (TPSA) is 56.1 Å². The summed E-state index contributed by atoms with van der Waals surface area (Å²) in [5, 5.41) is 3.68. The molecule has 0 aliphatic rings. The van der Waals surface area contributed by atoms with E-state index in [0.29, 0.717) is 23.2 Å². The van der Waals surface area contributed by atoms with Crippen molar-refractivity contribution in [2.24, 2.45) is 0 Å². The molecular weight excluding hydrogens is 230 g/mol. The summed E-state index contributed by atoms with van der Waals surface area (Å²) in [5.41, 5.74) is 0.669. The van der Waals surface area contributed by atoms with Gasteiger partial charge >= 0.3 is 0 Å². The number of hydrogen-bond acceptors (Lipinski definition) is 4. The van der Waals surface area contributed by atoms with Crippen molar-refractivity contribution in [3.63, 3.8) is 0 Å². The summed E-state index contributed by atoms with van der Waals surface area (Å²) in [7, 11) is 3.49. The largest absolute Gasteiger partial charge is 0.497 e. The van der Waals surface area contributed by atoms with Crippen LogP contribution in [0, 0.1) is 0 Å². The van der Waals surface area contributed by atoms with E-state index in [0.717, 1.165) is 13.0 Å². The molecule has 1 aromatic heterocycles. The summed E-state index contributed by atoms with van der Waals surface area (Å²) < 4.78 is 6.76. The molecule has 2 aromatic rings. The molecule has 1 heterocycles. The van der Waals surface area contributed by atoms with Crippen LogP contribution < -0.4 is 15.6 Å². The normalized spacial score (nSPS) is 10.8. The average Bonchev–Trinajstić information content (AvgIpc) is 2.41. The fourth-order valence-electron chi connectivity index (χ4n) is 1.85. The molecule has 2 rings (SSSR count). The summed E-state index contributed by atoms with van der Waals surface area (Å²) in [4.78, 5) is 16.5. The van der Waals surface area contributed by atoms with Crippen LogP contribution in [0.15, 0.2) is 29.3 Å². The standard InChI is InChI=1S/C13H17N3O2/c1-14-6-3-7-16-9-15-12-8-10(18-2)4-5-11(12)13(16)17/h4-5,8-9,14H,3,6-7H2,1-2H3. The van der Waals surface area contributed by atoms with Gasteiger partial charge < -0.3 is 10.1 Å². The van der Waals surface area contributed by atoms with Gasteiger partial charge in [-0.1, -0.05) is 0 Å². The van der Waals surface area contributed by atoms with Gasteiger partial charge in [-0.2, -0.15) is 0 Å². The smallest absolute Gasteiger partial charge is 0.261 e. The van der Waals surface area contributed by atoms with E-state index < -0.39 is 0 Å². The van der Waals surface area contributed by atoms with Gasteiger partial charge in [-0.15, -0.1) is 0 Å². The third-order valence-electron chi connectivity index (χ3n) is 2.86. The lowest BCUT2D eigenvalue weighted by molar-refractivity contribution is 0.415. The predicted molar refractivity (Wildman–Crippen MR) is 71.1 cm³/mol. The molecule has 0 fully saturated rings. The van der Waals surface area contributed by atoms with Crippen LogP contribution in [0.2, 0.25) is 0 Å². The van der Waals surface area contributed by atoms with Gasteiger partial charge in [0.05, 0.1) is 24.3 Å². The molecule has 0 saturated carbocycles. The number of benzene rings is 1. The van der Waals surface area contributed by atoms with E-state index in [1.165, 1.54) is 0 Å². The molecule has 0 amide bonds. The average molecular weight is 247 g/mol. The second kappa shape index (κ2) is 5.64. The first-order valence-electron chi connectivity index (χ1n) is 5.94. The molecular formula is C13H17N3O2. The first-order valence-corrected chi connectivity index (χ1v) is 5.94. The van der Waals surface area contributed by atoms with Gasteiger partial charge in [0.25, 0.3) is 5.56 Å². The maximum Gasteiger partial charge on any atom is 0.261 e. The Labute approximate surface area is 105 Å². The third-order valence-corrected chi connectivity index (χ3v) is 2.86. The number of rotatable bonds is 5. The van der Waals surface area contributed by atoms with E-state index in [2.05, 4.69) is 10.3 Å². The Balaban J connectivity index is 2.35. The molecule has 1 aromatic carbocycles. The summed E-state index contributed by atoms with van der Waals surface area (Å²) in [5.74, 6) is 0.710. The second-order valence-electron chi connectivity index (χ2n) is 4.08. The molecule has 0 unspecified atom stereocenters. The number of nitrogens with one attached hydrogen (secondary N) is 1. The predicted octanol–water partition coefficient (Wildman–Crippen LogP) is 1.01. The van der Waals surface area contributed by atoms with E-state index >= 15 is 0 Å². The van der Waals surface area contributed by atoms with E-state index in [9.17, 15) is 4.79 Å². The van der Waals surface area contributed by atoms with Gasteiger partial charge in [-0.25, -0.2) is 4.98 Å². The molecule has 5 heteroatoms. The number of aromatic nitrogens is 2. The Kier molecular flexibility index (Phi) is 3.94. The van der Waals surface area contributed by atoms with E-state index in [-0.39, 0.29) is 5.56 Å². The van der Waals surface area contributed by atoms with Crippen molar-refractivity contribution < 1.29 is 4.74 Å². The summed E-state index contributed by atoms with van der Waals surface area (Å²) in [6.45, 7) is 1.56. The highest BCUT2D eigenvalue weighted by atomic mass is 16.5. The maximum absolute atomic E-state index is 12.2. The van der Waals surface area contributed by atoms with Crippen LogP contribution in [0.3, 0.4) is 0 Å². The number of methoxy groups -OCH3 is 1. The first-order chi connectivity index (χ1) is 8.76. The van der Waals surface area contributed by atoms with Crippen LogP contribution in [-0.2, 0) is 6.54 Å². The molecule has 0 radical (unpaired) electrons. The quantitative estimate of drug-likeness (QED) is 0.801. The molecule has 0 aliphatic heterocycles. The Morgan fingerprint density at radius 2 is 2.28 bits per heavy atom. The van der Waals surface area contributed by atoms with Crippen LogP contribution in [0.25, 0.3) is 10.9 Å². The minimum atomic E-state index is -0.00115. The minimum Gasteiger partial charge on any atom is -0.497 e. The van der Waals surface area contributed by atoms with Crippen LogP contribution >= 0.6 is 0 Å². The number of ether oxygens (including phenoxy) is 1. The maximum atomic E-state index is 12.2. The molecule has 0 atom stereocenters. The summed E-state index contributed by atoms with van der Waals surface area (Å²) in [6, 6.07) is 5.32. The zero-order valence-corrected chi connectivity index (χ0v) is 10.6. The van der Waals surface area contributed by atoms with Gasteiger partial charge in [0.1, 0.15) is 5.75 Å². The lowest BCUT2D eigenvalue weighted by Crippen LogP contribution is -2.22. The number of fused-ring (bicyclic) bond motifs is 1. The lowest BCUT2D eigenvalue weighted by Gasteiger charge is -2.07. The van der Waals surface area contributed by atoms with E-state index in [4.69, 9.17) is 4.74 Å². The molecule has 1 N–H and O–H groups in total. The van der Waals surface area contributed by atoms with Gasteiger partial charge in [0.15, 0.2) is 0 Å². The van der Waals surface area contributed by atoms with Crippen molar-refractivity contribution in [2.45, 2.75) is 13.0 Å². The van der Waals surface area contributed by atoms with Crippen LogP contribution in [-0.4, -0.2) is 30.3 Å². The van der Waals surface area contributed by atoms with Gasteiger partial charge in [-0.3, -0.25) is 9.36 Å². The van der Waals surface area contributed by atoms with Crippen molar-refractivity contribution in [1.82, 2.24) is 14.9 Å². The van der Waals surface area contributed by atoms with Crippen LogP contribution in [0.5, 0.6) is 5.75 Å². The van der Waals surface area contributed by atoms with Gasteiger partial charge in [0, 0.05) is 12.6 Å². The van der Waals surface area contributed by atoms with Crippen LogP contribution in [0.4, 0.5) is 0 Å². The van der Waals surface area contributed by atoms with Crippen molar-refractivity contribution >= 4 is 10.9 Å². The Bertz CT molecular complexity index is 592. The minimum absolute atomic E-state index is 0.00115.